The number of nitrogens with one attached hydrogen (secondary N) is 1. The van der Waals surface area contributed by atoms with Crippen LogP contribution in [0.1, 0.15) is 48.1 Å². The molecule has 124 valence electrons. The molecule has 0 aliphatic carbocycles. The fourth-order valence-electron chi connectivity index (χ4n) is 1.98. The zero-order chi connectivity index (χ0) is 17.0. The van der Waals surface area contributed by atoms with E-state index in [0.717, 1.165) is 22.0 Å². The predicted molar refractivity (Wildman–Crippen MR) is 91.5 cm³/mol. The van der Waals surface area contributed by atoms with Crippen LogP contribution in [0.15, 0.2) is 27.9 Å². The number of rotatable bonds is 6. The second-order valence-electron chi connectivity index (χ2n) is 5.95. The molecule has 0 bridgehead atoms. The van der Waals surface area contributed by atoms with E-state index >= 15 is 0 Å². The van der Waals surface area contributed by atoms with Crippen molar-refractivity contribution in [2.24, 2.45) is 5.92 Å². The number of hydrogen-bond acceptors (Lipinski definition) is 5. The third-order valence-electron chi connectivity index (χ3n) is 3.91. The molecule has 6 heteroatoms. The average molecular weight is 333 g/mol. The Morgan fingerprint density at radius 3 is 2.70 bits per heavy atom. The van der Waals surface area contributed by atoms with E-state index in [1.54, 1.807) is 12.3 Å². The highest BCUT2D eigenvalue weighted by molar-refractivity contribution is 7.98. The van der Waals surface area contributed by atoms with E-state index in [1.165, 1.54) is 11.8 Å². The summed E-state index contributed by atoms with van der Waals surface area (Å²) >= 11 is 1.52. The van der Waals surface area contributed by atoms with Gasteiger partial charge < -0.3 is 9.84 Å². The van der Waals surface area contributed by atoms with E-state index in [4.69, 9.17) is 4.52 Å². The van der Waals surface area contributed by atoms with E-state index in [1.807, 2.05) is 26.8 Å². The van der Waals surface area contributed by atoms with Crippen molar-refractivity contribution >= 4 is 17.7 Å². The molecule has 0 radical (unpaired) electrons. The normalized spacial score (nSPS) is 12.4. The Hall–Kier alpha value is -1.82. The van der Waals surface area contributed by atoms with Crippen molar-refractivity contribution in [3.8, 4) is 0 Å². The summed E-state index contributed by atoms with van der Waals surface area (Å²) in [5.74, 6) is 1.79. The fourth-order valence-corrected chi connectivity index (χ4v) is 3.12. The molecule has 2 heterocycles. The number of carbonyl (C=O) groups is 1. The van der Waals surface area contributed by atoms with Crippen molar-refractivity contribution in [2.75, 3.05) is 0 Å². The lowest BCUT2D eigenvalue weighted by molar-refractivity contribution is 0.0927. The lowest BCUT2D eigenvalue weighted by Gasteiger charge is -2.18. The summed E-state index contributed by atoms with van der Waals surface area (Å²) in [6.45, 7) is 9.99. The van der Waals surface area contributed by atoms with E-state index in [0.29, 0.717) is 17.2 Å². The van der Waals surface area contributed by atoms with Crippen LogP contribution in [0.2, 0.25) is 0 Å². The lowest BCUT2D eigenvalue weighted by Crippen LogP contribution is -2.36. The number of aromatic nitrogens is 2. The largest absolute Gasteiger partial charge is 0.361 e. The van der Waals surface area contributed by atoms with Crippen molar-refractivity contribution in [1.82, 2.24) is 15.5 Å². The minimum Gasteiger partial charge on any atom is -0.361 e. The number of hydrogen-bond donors (Lipinski definition) is 1. The van der Waals surface area contributed by atoms with E-state index in [9.17, 15) is 4.79 Å². The van der Waals surface area contributed by atoms with Crippen LogP contribution in [0.25, 0.3) is 0 Å². The molecule has 0 aromatic carbocycles. The number of amides is 1. The molecule has 0 spiro atoms. The highest BCUT2D eigenvalue weighted by atomic mass is 32.2. The molecular weight excluding hydrogens is 310 g/mol. The van der Waals surface area contributed by atoms with Gasteiger partial charge >= 0.3 is 0 Å². The van der Waals surface area contributed by atoms with Crippen molar-refractivity contribution in [3.63, 3.8) is 0 Å². The van der Waals surface area contributed by atoms with Gasteiger partial charge in [-0.1, -0.05) is 19.0 Å². The van der Waals surface area contributed by atoms with Crippen LogP contribution in [0.4, 0.5) is 0 Å². The maximum Gasteiger partial charge on any atom is 0.254 e. The van der Waals surface area contributed by atoms with Crippen LogP contribution in [0.5, 0.6) is 0 Å². The molecule has 1 unspecified atom stereocenters. The Bertz CT molecular complexity index is 663. The molecule has 0 fully saturated rings. The van der Waals surface area contributed by atoms with Crippen LogP contribution in [0.3, 0.4) is 0 Å². The second-order valence-corrected chi connectivity index (χ2v) is 6.92. The molecule has 0 saturated carbocycles. The second kappa shape index (κ2) is 7.64. The predicted octanol–water partition coefficient (Wildman–Crippen LogP) is 3.75. The number of carbonyl (C=O) groups excluding carboxylic acids is 1. The topological polar surface area (TPSA) is 68.0 Å². The molecule has 2 aromatic heterocycles. The molecule has 5 nitrogen and oxygen atoms in total. The summed E-state index contributed by atoms with van der Waals surface area (Å²) < 4.78 is 5.18. The molecule has 2 aromatic rings. The van der Waals surface area contributed by atoms with Crippen molar-refractivity contribution in [3.05, 3.63) is 40.9 Å². The Morgan fingerprint density at radius 2 is 2.09 bits per heavy atom. The SMILES string of the molecule is Cc1noc(C)c1CSc1ncccc1C(=O)NC(C)C(C)C. The van der Waals surface area contributed by atoms with Crippen LogP contribution in [-0.2, 0) is 5.75 Å². The monoisotopic (exact) mass is 333 g/mol. The Morgan fingerprint density at radius 1 is 1.35 bits per heavy atom. The van der Waals surface area contributed by atoms with Gasteiger partial charge in [0.2, 0.25) is 0 Å². The number of pyridine rings is 1. The molecule has 0 aliphatic heterocycles. The van der Waals surface area contributed by atoms with Gasteiger partial charge in [0.15, 0.2) is 0 Å². The molecule has 23 heavy (non-hydrogen) atoms. The highest BCUT2D eigenvalue weighted by Gasteiger charge is 2.18. The molecular formula is C17H23N3O2S. The van der Waals surface area contributed by atoms with Gasteiger partial charge in [-0.25, -0.2) is 4.98 Å². The summed E-state index contributed by atoms with van der Waals surface area (Å²) in [5.41, 5.74) is 2.55. The summed E-state index contributed by atoms with van der Waals surface area (Å²) in [5, 5.41) is 7.71. The summed E-state index contributed by atoms with van der Waals surface area (Å²) in [4.78, 5) is 16.8. The Labute approximate surface area is 141 Å². The van der Waals surface area contributed by atoms with Crippen LogP contribution < -0.4 is 5.32 Å². The quantitative estimate of drug-likeness (QED) is 0.815. The first-order chi connectivity index (χ1) is 10.9. The average Bonchev–Trinajstić information content (AvgIpc) is 2.84. The third kappa shape index (κ3) is 4.34. The molecule has 1 atom stereocenters. The molecule has 0 saturated heterocycles. The third-order valence-corrected chi connectivity index (χ3v) is 4.94. The maximum absolute atomic E-state index is 12.5. The van der Waals surface area contributed by atoms with Crippen LogP contribution in [-0.4, -0.2) is 22.1 Å². The van der Waals surface area contributed by atoms with Gasteiger partial charge in [-0.3, -0.25) is 4.79 Å². The van der Waals surface area contributed by atoms with Crippen LogP contribution in [0, 0.1) is 19.8 Å². The first-order valence-electron chi connectivity index (χ1n) is 7.70. The van der Waals surface area contributed by atoms with Gasteiger partial charge in [-0.15, -0.1) is 11.8 Å². The molecule has 2 rings (SSSR count). The Balaban J connectivity index is 2.13. The minimum atomic E-state index is -0.0828. The zero-order valence-electron chi connectivity index (χ0n) is 14.2. The van der Waals surface area contributed by atoms with Crippen molar-refractivity contribution in [2.45, 2.75) is 51.4 Å². The molecule has 1 N–H and O–H groups in total. The highest BCUT2D eigenvalue weighted by Crippen LogP contribution is 2.27. The number of thioether (sulfide) groups is 1. The first kappa shape index (κ1) is 17.5. The van der Waals surface area contributed by atoms with Crippen molar-refractivity contribution < 1.29 is 9.32 Å². The van der Waals surface area contributed by atoms with Crippen LogP contribution >= 0.6 is 11.8 Å². The fraction of sp³-hybridized carbons (Fsp3) is 0.471. The number of nitrogens with zero attached hydrogens (tertiary/aromatic N) is 2. The standard InChI is InChI=1S/C17H23N3O2S/c1-10(2)11(3)19-16(21)14-7-6-8-18-17(14)23-9-15-12(4)20-22-13(15)5/h6-8,10-11H,9H2,1-5H3,(H,19,21). The van der Waals surface area contributed by atoms with Gasteiger partial charge in [-0.05, 0) is 38.8 Å². The summed E-state index contributed by atoms with van der Waals surface area (Å²) in [6, 6.07) is 3.71. The smallest absolute Gasteiger partial charge is 0.254 e. The van der Waals surface area contributed by atoms with Crippen molar-refractivity contribution in [1.29, 1.82) is 0 Å². The zero-order valence-corrected chi connectivity index (χ0v) is 15.0. The molecule has 1 amide bonds. The van der Waals surface area contributed by atoms with Gasteiger partial charge in [0, 0.05) is 23.6 Å². The van der Waals surface area contributed by atoms with Gasteiger partial charge in [-0.2, -0.15) is 0 Å². The van der Waals surface area contributed by atoms with Gasteiger partial charge in [0.05, 0.1) is 11.3 Å². The van der Waals surface area contributed by atoms with E-state index in [-0.39, 0.29) is 11.9 Å². The summed E-state index contributed by atoms with van der Waals surface area (Å²) in [7, 11) is 0. The number of aryl methyl sites for hydroxylation is 2. The minimum absolute atomic E-state index is 0.0828. The Kier molecular flexibility index (Phi) is 5.82. The summed E-state index contributed by atoms with van der Waals surface area (Å²) in [6.07, 6.45) is 1.71. The van der Waals surface area contributed by atoms with E-state index < -0.39 is 0 Å². The van der Waals surface area contributed by atoms with E-state index in [2.05, 4.69) is 29.3 Å². The van der Waals surface area contributed by atoms with Gasteiger partial charge in [0.25, 0.3) is 5.91 Å². The first-order valence-corrected chi connectivity index (χ1v) is 8.69. The lowest BCUT2D eigenvalue weighted by atomic mass is 10.1. The maximum atomic E-state index is 12.5. The molecule has 0 aliphatic rings. The van der Waals surface area contributed by atoms with Gasteiger partial charge in [0.1, 0.15) is 10.8 Å².